The van der Waals surface area contributed by atoms with E-state index in [0.717, 1.165) is 5.56 Å². The summed E-state index contributed by atoms with van der Waals surface area (Å²) in [5, 5.41) is 6.19. The van der Waals surface area contributed by atoms with Crippen molar-refractivity contribution in [3.8, 4) is 0 Å². The number of amides is 1. The minimum Gasteiger partial charge on any atom is -0.351 e. The van der Waals surface area contributed by atoms with Crippen LogP contribution < -0.4 is 9.62 Å². The lowest BCUT2D eigenvalue weighted by molar-refractivity contribution is 0.0988. The van der Waals surface area contributed by atoms with Gasteiger partial charge >= 0.3 is 0 Å². The SMILES string of the molecule is Cc1ccc(N2CCCS2(=O)=O)cc1NC(=O)c1ccno1. The molecule has 1 aromatic carbocycles. The van der Waals surface area contributed by atoms with Crippen LogP contribution in [0.1, 0.15) is 22.5 Å². The number of nitrogens with one attached hydrogen (secondary N) is 1. The quantitative estimate of drug-likeness (QED) is 0.930. The lowest BCUT2D eigenvalue weighted by atomic mass is 10.1. The number of carbonyl (C=O) groups excluding carboxylic acids is 1. The molecule has 1 N–H and O–H groups in total. The molecule has 8 heteroatoms. The zero-order chi connectivity index (χ0) is 15.7. The van der Waals surface area contributed by atoms with Crippen LogP contribution in [-0.4, -0.2) is 31.8 Å². The molecule has 0 atom stereocenters. The lowest BCUT2D eigenvalue weighted by Crippen LogP contribution is -2.25. The maximum atomic E-state index is 12.0. The topological polar surface area (TPSA) is 92.5 Å². The Balaban J connectivity index is 1.89. The molecule has 0 aliphatic carbocycles. The Morgan fingerprint density at radius 3 is 2.82 bits per heavy atom. The number of hydrogen-bond acceptors (Lipinski definition) is 5. The van der Waals surface area contributed by atoms with E-state index in [4.69, 9.17) is 4.52 Å². The van der Waals surface area contributed by atoms with E-state index in [1.165, 1.54) is 16.6 Å². The molecule has 1 aromatic heterocycles. The Bertz CT molecular complexity index is 800. The van der Waals surface area contributed by atoms with Crippen LogP contribution in [0.4, 0.5) is 11.4 Å². The molecule has 1 amide bonds. The van der Waals surface area contributed by atoms with Crippen molar-refractivity contribution in [1.29, 1.82) is 0 Å². The van der Waals surface area contributed by atoms with Gasteiger partial charge in [0.05, 0.1) is 17.6 Å². The average Bonchev–Trinajstić information content (AvgIpc) is 3.10. The molecule has 2 heterocycles. The minimum atomic E-state index is -3.25. The van der Waals surface area contributed by atoms with E-state index >= 15 is 0 Å². The van der Waals surface area contributed by atoms with Crippen molar-refractivity contribution >= 4 is 27.3 Å². The van der Waals surface area contributed by atoms with Gasteiger partial charge in [-0.05, 0) is 31.0 Å². The summed E-state index contributed by atoms with van der Waals surface area (Å²) in [6.45, 7) is 2.29. The van der Waals surface area contributed by atoms with Crippen LogP contribution in [0.15, 0.2) is 35.0 Å². The third-order valence-corrected chi connectivity index (χ3v) is 5.39. The van der Waals surface area contributed by atoms with Crippen molar-refractivity contribution in [2.75, 3.05) is 21.9 Å². The Labute approximate surface area is 128 Å². The third kappa shape index (κ3) is 2.69. The van der Waals surface area contributed by atoms with Gasteiger partial charge in [-0.3, -0.25) is 9.10 Å². The maximum Gasteiger partial charge on any atom is 0.294 e. The molecule has 7 nitrogen and oxygen atoms in total. The van der Waals surface area contributed by atoms with Gasteiger partial charge in [0.2, 0.25) is 15.8 Å². The first kappa shape index (κ1) is 14.6. The van der Waals surface area contributed by atoms with Crippen molar-refractivity contribution in [2.24, 2.45) is 0 Å². The number of aromatic nitrogens is 1. The summed E-state index contributed by atoms with van der Waals surface area (Å²) in [5.74, 6) is -0.179. The van der Waals surface area contributed by atoms with Crippen LogP contribution in [0, 0.1) is 6.92 Å². The molecule has 116 valence electrons. The van der Waals surface area contributed by atoms with Gasteiger partial charge in [-0.1, -0.05) is 11.2 Å². The van der Waals surface area contributed by atoms with Crippen LogP contribution >= 0.6 is 0 Å². The van der Waals surface area contributed by atoms with E-state index in [9.17, 15) is 13.2 Å². The van der Waals surface area contributed by atoms with Crippen molar-refractivity contribution in [2.45, 2.75) is 13.3 Å². The van der Waals surface area contributed by atoms with Gasteiger partial charge in [-0.25, -0.2) is 8.42 Å². The van der Waals surface area contributed by atoms with Crippen LogP contribution in [0.2, 0.25) is 0 Å². The number of nitrogens with zero attached hydrogens (tertiary/aromatic N) is 2. The molecule has 1 aliphatic rings. The van der Waals surface area contributed by atoms with Gasteiger partial charge < -0.3 is 9.84 Å². The molecule has 1 saturated heterocycles. The normalized spacial score (nSPS) is 16.7. The monoisotopic (exact) mass is 321 g/mol. The smallest absolute Gasteiger partial charge is 0.294 e. The second kappa shape index (κ2) is 5.45. The fraction of sp³-hybridized carbons (Fsp3) is 0.286. The Kier molecular flexibility index (Phi) is 3.61. The molecule has 2 aromatic rings. The van der Waals surface area contributed by atoms with E-state index in [0.29, 0.717) is 24.3 Å². The summed E-state index contributed by atoms with van der Waals surface area (Å²) in [6, 6.07) is 6.63. The van der Waals surface area contributed by atoms with Crippen molar-refractivity contribution in [1.82, 2.24) is 5.16 Å². The van der Waals surface area contributed by atoms with Crippen molar-refractivity contribution in [3.05, 3.63) is 41.8 Å². The number of rotatable bonds is 3. The van der Waals surface area contributed by atoms with E-state index in [-0.39, 0.29) is 11.5 Å². The molecule has 0 unspecified atom stereocenters. The predicted octanol–water partition coefficient (Wildman–Crippen LogP) is 1.78. The molecule has 1 aliphatic heterocycles. The van der Waals surface area contributed by atoms with E-state index in [1.54, 1.807) is 18.2 Å². The standard InChI is InChI=1S/C14H15N3O4S/c1-10-3-4-11(17-7-2-8-22(17,19)20)9-12(10)16-14(18)13-5-6-15-21-13/h3-6,9H,2,7-8H2,1H3,(H,16,18). The summed E-state index contributed by atoms with van der Waals surface area (Å²) >= 11 is 0. The highest BCUT2D eigenvalue weighted by Gasteiger charge is 2.28. The first-order valence-electron chi connectivity index (χ1n) is 6.80. The fourth-order valence-corrected chi connectivity index (χ4v) is 3.90. The summed E-state index contributed by atoms with van der Waals surface area (Å²) in [5.41, 5.74) is 1.92. The first-order chi connectivity index (χ1) is 10.5. The molecule has 0 radical (unpaired) electrons. The zero-order valence-electron chi connectivity index (χ0n) is 11.9. The molecular formula is C14H15N3O4S. The second-order valence-corrected chi connectivity index (χ2v) is 7.08. The molecular weight excluding hydrogens is 306 g/mol. The van der Waals surface area contributed by atoms with Gasteiger partial charge in [0, 0.05) is 18.3 Å². The third-order valence-electron chi connectivity index (χ3n) is 3.52. The summed E-state index contributed by atoms with van der Waals surface area (Å²) in [6.07, 6.45) is 1.99. The molecule has 0 bridgehead atoms. The lowest BCUT2D eigenvalue weighted by Gasteiger charge is -2.18. The minimum absolute atomic E-state index is 0.0959. The number of benzene rings is 1. The number of anilines is 2. The van der Waals surface area contributed by atoms with Crippen LogP contribution in [0.25, 0.3) is 0 Å². The first-order valence-corrected chi connectivity index (χ1v) is 8.41. The summed E-state index contributed by atoms with van der Waals surface area (Å²) in [7, 11) is -3.25. The highest BCUT2D eigenvalue weighted by Crippen LogP contribution is 2.28. The molecule has 22 heavy (non-hydrogen) atoms. The van der Waals surface area contributed by atoms with E-state index in [1.807, 2.05) is 6.92 Å². The van der Waals surface area contributed by atoms with Crippen LogP contribution in [-0.2, 0) is 10.0 Å². The van der Waals surface area contributed by atoms with Gasteiger partial charge in [0.15, 0.2) is 0 Å². The number of aryl methyl sites for hydroxylation is 1. The fourth-order valence-electron chi connectivity index (χ4n) is 2.35. The number of hydrogen-bond donors (Lipinski definition) is 1. The van der Waals surface area contributed by atoms with Crippen LogP contribution in [0.5, 0.6) is 0 Å². The highest BCUT2D eigenvalue weighted by atomic mass is 32.2. The Morgan fingerprint density at radius 2 is 2.18 bits per heavy atom. The van der Waals surface area contributed by atoms with Gasteiger partial charge in [-0.2, -0.15) is 0 Å². The van der Waals surface area contributed by atoms with E-state index < -0.39 is 15.9 Å². The van der Waals surface area contributed by atoms with Gasteiger partial charge in [0.1, 0.15) is 0 Å². The Morgan fingerprint density at radius 1 is 1.36 bits per heavy atom. The van der Waals surface area contributed by atoms with E-state index in [2.05, 4.69) is 10.5 Å². The Hall–Kier alpha value is -2.35. The highest BCUT2D eigenvalue weighted by molar-refractivity contribution is 7.93. The second-order valence-electron chi connectivity index (χ2n) is 5.07. The molecule has 0 spiro atoms. The molecule has 1 fully saturated rings. The van der Waals surface area contributed by atoms with Gasteiger partial charge in [0.25, 0.3) is 5.91 Å². The summed E-state index contributed by atoms with van der Waals surface area (Å²) < 4.78 is 30.1. The number of sulfonamides is 1. The maximum absolute atomic E-state index is 12.0. The van der Waals surface area contributed by atoms with Crippen LogP contribution in [0.3, 0.4) is 0 Å². The molecule has 0 saturated carbocycles. The predicted molar refractivity (Wildman–Crippen MR) is 81.4 cm³/mol. The molecule has 3 rings (SSSR count). The van der Waals surface area contributed by atoms with Crippen molar-refractivity contribution < 1.29 is 17.7 Å². The largest absolute Gasteiger partial charge is 0.351 e. The summed E-state index contributed by atoms with van der Waals surface area (Å²) in [4.78, 5) is 12.0. The van der Waals surface area contributed by atoms with Gasteiger partial charge in [-0.15, -0.1) is 0 Å². The number of carbonyl (C=O) groups is 1. The average molecular weight is 321 g/mol. The zero-order valence-corrected chi connectivity index (χ0v) is 12.8. The van der Waals surface area contributed by atoms with Crippen molar-refractivity contribution in [3.63, 3.8) is 0 Å².